The molecule has 0 saturated heterocycles. The molecule has 2 unspecified atom stereocenters. The predicted octanol–water partition coefficient (Wildman–Crippen LogP) is 3.03. The zero-order valence-corrected chi connectivity index (χ0v) is 12.5. The molecule has 1 nitrogen and oxygen atoms in total. The zero-order valence-electron chi connectivity index (χ0n) is 7.31. The second-order valence-electron chi connectivity index (χ2n) is 2.88. The van der Waals surface area contributed by atoms with Crippen LogP contribution in [0.4, 0.5) is 0 Å². The van der Waals surface area contributed by atoms with Gasteiger partial charge in [-0.1, -0.05) is 0 Å². The summed E-state index contributed by atoms with van der Waals surface area (Å²) in [5.74, 6) is 0. The Kier molecular flexibility index (Phi) is 6.76. The van der Waals surface area contributed by atoms with Crippen LogP contribution >= 0.6 is 12.7 Å². The van der Waals surface area contributed by atoms with Gasteiger partial charge >= 0.3 is 86.9 Å². The standard InChI is InChI=1S/C6H14NP2Se2/c1-5(2)8(10)7-9(11)6(3)4/h5-6H,1-4H3/q+2. The van der Waals surface area contributed by atoms with Gasteiger partial charge in [-0.3, -0.25) is 0 Å². The van der Waals surface area contributed by atoms with Crippen molar-refractivity contribution in [1.29, 1.82) is 0 Å². The van der Waals surface area contributed by atoms with E-state index in [9.17, 15) is 0 Å². The first-order valence-corrected chi connectivity index (χ1v) is 10.8. The van der Waals surface area contributed by atoms with Crippen LogP contribution in [-0.2, 0) is 0 Å². The third-order valence-corrected chi connectivity index (χ3v) is 12.3. The molecule has 0 fully saturated rings. The van der Waals surface area contributed by atoms with Crippen LogP contribution in [-0.4, -0.2) is 42.0 Å². The van der Waals surface area contributed by atoms with E-state index >= 15 is 0 Å². The van der Waals surface area contributed by atoms with Crippen molar-refractivity contribution in [3.8, 4) is 0 Å². The number of rotatable bonds is 3. The van der Waals surface area contributed by atoms with Crippen molar-refractivity contribution < 1.29 is 0 Å². The van der Waals surface area contributed by atoms with Gasteiger partial charge in [0.1, 0.15) is 0 Å². The maximum absolute atomic E-state index is 4.69. The van der Waals surface area contributed by atoms with E-state index in [2.05, 4.69) is 58.4 Å². The van der Waals surface area contributed by atoms with Gasteiger partial charge in [-0.15, -0.1) is 0 Å². The van der Waals surface area contributed by atoms with Gasteiger partial charge in [0, 0.05) is 0 Å². The molecule has 5 heteroatoms. The molecule has 0 N–H and O–H groups in total. The van der Waals surface area contributed by atoms with Crippen molar-refractivity contribution in [2.75, 3.05) is 0 Å². The Morgan fingerprint density at radius 1 is 1.09 bits per heavy atom. The molecule has 1 radical (unpaired) electrons. The van der Waals surface area contributed by atoms with Gasteiger partial charge in [-0.2, -0.15) is 0 Å². The number of nitrogens with zero attached hydrogens (tertiary/aromatic N) is 1. The van der Waals surface area contributed by atoms with E-state index in [1.807, 2.05) is 0 Å². The molecule has 0 saturated carbocycles. The van der Waals surface area contributed by atoms with Crippen molar-refractivity contribution in [2.45, 2.75) is 39.0 Å². The molecule has 0 aliphatic carbocycles. The van der Waals surface area contributed by atoms with E-state index in [0.717, 1.165) is 0 Å². The first kappa shape index (κ1) is 12.4. The summed E-state index contributed by atoms with van der Waals surface area (Å²) >= 11 is 6.31. The molecule has 0 aromatic carbocycles. The second kappa shape index (κ2) is 5.98. The van der Waals surface area contributed by atoms with Crippen LogP contribution in [0.25, 0.3) is 0 Å². The van der Waals surface area contributed by atoms with E-state index in [-0.39, 0.29) is 12.7 Å². The Morgan fingerprint density at radius 2 is 1.55 bits per heavy atom. The van der Waals surface area contributed by atoms with Crippen LogP contribution in [0.3, 0.4) is 0 Å². The predicted molar refractivity (Wildman–Crippen MR) is 58.0 cm³/mol. The van der Waals surface area contributed by atoms with Gasteiger partial charge in [-0.25, -0.2) is 0 Å². The fourth-order valence-corrected chi connectivity index (χ4v) is 7.72. The molecule has 2 atom stereocenters. The van der Waals surface area contributed by atoms with Crippen molar-refractivity contribution >= 4 is 43.4 Å². The summed E-state index contributed by atoms with van der Waals surface area (Å²) in [5, 5.41) is 0. The van der Waals surface area contributed by atoms with E-state index in [0.29, 0.717) is 11.3 Å². The Labute approximate surface area is 86.7 Å². The van der Waals surface area contributed by atoms with E-state index in [4.69, 9.17) is 4.52 Å². The molecule has 63 valence electrons. The molecule has 0 rings (SSSR count). The molecule has 0 bridgehead atoms. The minimum atomic E-state index is -0.214. The molecule has 0 heterocycles. The molecule has 0 aliphatic rings. The van der Waals surface area contributed by atoms with Gasteiger partial charge < -0.3 is 0 Å². The third-order valence-electron chi connectivity index (χ3n) is 1.06. The van der Waals surface area contributed by atoms with Gasteiger partial charge in [0.2, 0.25) is 0 Å². The maximum atomic E-state index is 4.69. The SMILES string of the molecule is CC(C)[P+](=[Se])/N=[P+](\[Se])C(C)C. The van der Waals surface area contributed by atoms with E-state index < -0.39 is 0 Å². The normalized spacial score (nSPS) is 14.5. The monoisotopic (exact) mass is 322 g/mol. The summed E-state index contributed by atoms with van der Waals surface area (Å²) in [6, 6.07) is 0. The average molecular weight is 320 g/mol. The molecular formula is C6H14NP2Se2+2. The molecular weight excluding hydrogens is 306 g/mol. The van der Waals surface area contributed by atoms with Gasteiger partial charge in [-0.05, 0) is 0 Å². The zero-order chi connectivity index (χ0) is 9.02. The Hall–Kier alpha value is 1.44. The summed E-state index contributed by atoms with van der Waals surface area (Å²) in [6.45, 7) is 8.87. The first-order chi connectivity index (χ1) is 4.95. The fraction of sp³-hybridized carbons (Fsp3) is 1.00. The Balaban J connectivity index is 4.20. The van der Waals surface area contributed by atoms with Gasteiger partial charge in [0.15, 0.2) is 0 Å². The van der Waals surface area contributed by atoms with Gasteiger partial charge in [0.25, 0.3) is 0 Å². The Morgan fingerprint density at radius 3 is 1.82 bits per heavy atom. The van der Waals surface area contributed by atoms with E-state index in [1.54, 1.807) is 0 Å². The minimum absolute atomic E-state index is 0.214. The van der Waals surface area contributed by atoms with Crippen LogP contribution in [0.15, 0.2) is 4.52 Å². The van der Waals surface area contributed by atoms with E-state index in [1.165, 1.54) is 0 Å². The summed E-state index contributed by atoms with van der Waals surface area (Å²) in [4.78, 5) is 0. The Bertz CT molecular complexity index is 177. The summed E-state index contributed by atoms with van der Waals surface area (Å²) in [6.07, 6.45) is -0.428. The molecule has 0 spiro atoms. The topological polar surface area (TPSA) is 12.4 Å². The number of hydrogen-bond acceptors (Lipinski definition) is 1. The van der Waals surface area contributed by atoms with Crippen LogP contribution in [0, 0.1) is 0 Å². The van der Waals surface area contributed by atoms with Crippen molar-refractivity contribution in [3.63, 3.8) is 0 Å². The number of hydrogen-bond donors (Lipinski definition) is 0. The van der Waals surface area contributed by atoms with Crippen molar-refractivity contribution in [3.05, 3.63) is 0 Å². The summed E-state index contributed by atoms with van der Waals surface area (Å²) in [7, 11) is 0. The van der Waals surface area contributed by atoms with Crippen LogP contribution in [0.2, 0.25) is 0 Å². The summed E-state index contributed by atoms with van der Waals surface area (Å²) in [5.41, 5.74) is 1.36. The van der Waals surface area contributed by atoms with Gasteiger partial charge in [0.05, 0.1) is 0 Å². The van der Waals surface area contributed by atoms with Crippen LogP contribution in [0.5, 0.6) is 0 Å². The molecule has 0 aliphatic heterocycles. The third kappa shape index (κ3) is 5.64. The molecule has 11 heavy (non-hydrogen) atoms. The van der Waals surface area contributed by atoms with Crippen LogP contribution < -0.4 is 0 Å². The van der Waals surface area contributed by atoms with Crippen molar-refractivity contribution in [1.82, 2.24) is 0 Å². The van der Waals surface area contributed by atoms with Crippen LogP contribution in [0.1, 0.15) is 27.7 Å². The quantitative estimate of drug-likeness (QED) is 0.560. The molecule has 0 aromatic heterocycles. The first-order valence-electron chi connectivity index (χ1n) is 3.59. The summed E-state index contributed by atoms with van der Waals surface area (Å²) < 4.78 is 4.69. The molecule has 0 aromatic rings. The average Bonchev–Trinajstić information content (AvgIpc) is 1.87. The fourth-order valence-electron chi connectivity index (χ4n) is 0.293. The van der Waals surface area contributed by atoms with Crippen molar-refractivity contribution in [2.24, 2.45) is 4.52 Å². The second-order valence-corrected chi connectivity index (χ2v) is 11.6. The molecule has 0 amide bonds.